The highest BCUT2D eigenvalue weighted by atomic mass is 79.9. The molecule has 0 aliphatic carbocycles. The van der Waals surface area contributed by atoms with Gasteiger partial charge in [-0.15, -0.1) is 0 Å². The first-order valence-corrected chi connectivity index (χ1v) is 6.87. The van der Waals surface area contributed by atoms with Crippen LogP contribution < -0.4 is 0 Å². The summed E-state index contributed by atoms with van der Waals surface area (Å²) in [6.07, 6.45) is 0.0650. The highest BCUT2D eigenvalue weighted by molar-refractivity contribution is 9.11. The van der Waals surface area contributed by atoms with Gasteiger partial charge in [0, 0.05) is 20.9 Å². The van der Waals surface area contributed by atoms with E-state index in [0.29, 0.717) is 11.1 Å². The molecule has 0 aliphatic rings. The fraction of sp³-hybridized carbons (Fsp3) is 0.0714. The lowest BCUT2D eigenvalue weighted by Crippen LogP contribution is -2.05. The van der Waals surface area contributed by atoms with Crippen molar-refractivity contribution in [1.29, 1.82) is 0 Å². The lowest BCUT2D eigenvalue weighted by Gasteiger charge is -2.04. The number of Topliss-reactive ketones (excluding diaryl/α,β-unsaturated/α-hetero) is 1. The summed E-state index contributed by atoms with van der Waals surface area (Å²) in [5.41, 5.74) is 0.970. The molecule has 2 aromatic rings. The number of carbonyl (C=O) groups excluding carboxylic acids is 1. The molecular formula is C14H9Br2FO. The van der Waals surface area contributed by atoms with Gasteiger partial charge in [-0.1, -0.05) is 50.1 Å². The van der Waals surface area contributed by atoms with Gasteiger partial charge in [0.1, 0.15) is 5.82 Å². The Bertz CT molecular complexity index is 576. The van der Waals surface area contributed by atoms with Crippen molar-refractivity contribution < 1.29 is 9.18 Å². The first-order valence-electron chi connectivity index (χ1n) is 5.29. The van der Waals surface area contributed by atoms with Gasteiger partial charge >= 0.3 is 0 Å². The van der Waals surface area contributed by atoms with Crippen LogP contribution in [0, 0.1) is 5.82 Å². The van der Waals surface area contributed by atoms with E-state index in [1.807, 2.05) is 6.07 Å². The first kappa shape index (κ1) is 13.4. The lowest BCUT2D eigenvalue weighted by atomic mass is 10.0. The minimum absolute atomic E-state index is 0.0650. The van der Waals surface area contributed by atoms with Crippen LogP contribution in [0.3, 0.4) is 0 Å². The van der Waals surface area contributed by atoms with Gasteiger partial charge in [-0.25, -0.2) is 4.39 Å². The first-order chi connectivity index (χ1) is 8.56. The van der Waals surface area contributed by atoms with Crippen molar-refractivity contribution in [2.75, 3.05) is 0 Å². The van der Waals surface area contributed by atoms with Crippen LogP contribution >= 0.6 is 31.9 Å². The van der Waals surface area contributed by atoms with Crippen molar-refractivity contribution in [2.45, 2.75) is 6.42 Å². The van der Waals surface area contributed by atoms with E-state index in [0.717, 1.165) is 8.95 Å². The zero-order valence-electron chi connectivity index (χ0n) is 9.29. The van der Waals surface area contributed by atoms with Gasteiger partial charge in [0.05, 0.1) is 0 Å². The van der Waals surface area contributed by atoms with Crippen LogP contribution in [-0.4, -0.2) is 5.78 Å². The number of benzene rings is 2. The molecule has 0 N–H and O–H groups in total. The van der Waals surface area contributed by atoms with E-state index in [9.17, 15) is 9.18 Å². The maximum Gasteiger partial charge on any atom is 0.167 e. The Morgan fingerprint density at radius 2 is 1.67 bits per heavy atom. The average Bonchev–Trinajstić information content (AvgIpc) is 2.31. The average molecular weight is 372 g/mol. The maximum absolute atomic E-state index is 13.5. The van der Waals surface area contributed by atoms with Crippen molar-refractivity contribution in [3.63, 3.8) is 0 Å². The molecule has 0 saturated heterocycles. The largest absolute Gasteiger partial charge is 0.294 e. The van der Waals surface area contributed by atoms with Gasteiger partial charge in [0.25, 0.3) is 0 Å². The molecule has 0 bridgehead atoms. The molecule has 0 aromatic heterocycles. The quantitative estimate of drug-likeness (QED) is 0.710. The SMILES string of the molecule is O=C(Cc1ccccc1F)c1cc(Br)cc(Br)c1. The Kier molecular flexibility index (Phi) is 4.30. The molecule has 92 valence electrons. The Hall–Kier alpha value is -1.000. The Labute approximate surface area is 121 Å². The van der Waals surface area contributed by atoms with Gasteiger partial charge in [-0.05, 0) is 29.8 Å². The van der Waals surface area contributed by atoms with Gasteiger partial charge in [-0.2, -0.15) is 0 Å². The van der Waals surface area contributed by atoms with Crippen LogP contribution in [0.4, 0.5) is 4.39 Å². The smallest absolute Gasteiger partial charge is 0.167 e. The van der Waals surface area contributed by atoms with Crippen molar-refractivity contribution in [2.24, 2.45) is 0 Å². The molecule has 0 spiro atoms. The van der Waals surface area contributed by atoms with Crippen molar-refractivity contribution in [1.82, 2.24) is 0 Å². The summed E-state index contributed by atoms with van der Waals surface area (Å²) in [6.45, 7) is 0. The molecule has 2 aromatic carbocycles. The van der Waals surface area contributed by atoms with Crippen LogP contribution in [-0.2, 0) is 6.42 Å². The zero-order valence-corrected chi connectivity index (χ0v) is 12.5. The molecule has 1 nitrogen and oxygen atoms in total. The molecule has 4 heteroatoms. The third-order valence-electron chi connectivity index (χ3n) is 2.49. The highest BCUT2D eigenvalue weighted by Gasteiger charge is 2.11. The van der Waals surface area contributed by atoms with Crippen molar-refractivity contribution in [3.8, 4) is 0 Å². The molecule has 0 amide bonds. The van der Waals surface area contributed by atoms with Crippen LogP contribution in [0.25, 0.3) is 0 Å². The second-order valence-electron chi connectivity index (χ2n) is 3.85. The highest BCUT2D eigenvalue weighted by Crippen LogP contribution is 2.21. The fourth-order valence-corrected chi connectivity index (χ4v) is 2.93. The fourth-order valence-electron chi connectivity index (χ4n) is 1.63. The molecule has 0 saturated carbocycles. The van der Waals surface area contributed by atoms with Crippen molar-refractivity contribution in [3.05, 3.63) is 68.4 Å². The molecule has 0 aliphatic heterocycles. The summed E-state index contributed by atoms with van der Waals surface area (Å²) in [5, 5.41) is 0. The molecule has 18 heavy (non-hydrogen) atoms. The lowest BCUT2D eigenvalue weighted by molar-refractivity contribution is 0.0991. The molecular weight excluding hydrogens is 363 g/mol. The molecule has 0 fully saturated rings. The van der Waals surface area contributed by atoms with Gasteiger partial charge < -0.3 is 0 Å². The summed E-state index contributed by atoms with van der Waals surface area (Å²) in [5.74, 6) is -0.456. The normalized spacial score (nSPS) is 10.4. The Morgan fingerprint density at radius 1 is 1.06 bits per heavy atom. The monoisotopic (exact) mass is 370 g/mol. The summed E-state index contributed by atoms with van der Waals surface area (Å²) in [7, 11) is 0. The van der Waals surface area contributed by atoms with Crippen molar-refractivity contribution >= 4 is 37.6 Å². The summed E-state index contributed by atoms with van der Waals surface area (Å²) in [4.78, 5) is 12.1. The van der Waals surface area contributed by atoms with Gasteiger partial charge in [0.15, 0.2) is 5.78 Å². The molecule has 0 heterocycles. The predicted octanol–water partition coefficient (Wildman–Crippen LogP) is 4.78. The van der Waals surface area contributed by atoms with E-state index in [-0.39, 0.29) is 18.0 Å². The number of halogens is 3. The maximum atomic E-state index is 13.5. The van der Waals surface area contributed by atoms with E-state index in [1.165, 1.54) is 6.07 Å². The van der Waals surface area contributed by atoms with Gasteiger partial charge in [0.2, 0.25) is 0 Å². The number of hydrogen-bond donors (Lipinski definition) is 0. The number of carbonyl (C=O) groups is 1. The van der Waals surface area contributed by atoms with E-state index in [4.69, 9.17) is 0 Å². The van der Waals surface area contributed by atoms with Crippen LogP contribution in [0.5, 0.6) is 0 Å². The minimum Gasteiger partial charge on any atom is -0.294 e. The van der Waals surface area contributed by atoms with E-state index in [1.54, 1.807) is 30.3 Å². The predicted molar refractivity (Wildman–Crippen MR) is 76.3 cm³/mol. The molecule has 2 rings (SSSR count). The summed E-state index contributed by atoms with van der Waals surface area (Å²) >= 11 is 6.65. The second-order valence-corrected chi connectivity index (χ2v) is 5.68. The Morgan fingerprint density at radius 3 is 2.28 bits per heavy atom. The summed E-state index contributed by atoms with van der Waals surface area (Å²) < 4.78 is 15.1. The van der Waals surface area contributed by atoms with E-state index in [2.05, 4.69) is 31.9 Å². The summed E-state index contributed by atoms with van der Waals surface area (Å²) in [6, 6.07) is 11.6. The molecule has 0 unspecified atom stereocenters. The number of rotatable bonds is 3. The minimum atomic E-state index is -0.347. The topological polar surface area (TPSA) is 17.1 Å². The van der Waals surface area contributed by atoms with Crippen LogP contribution in [0.1, 0.15) is 15.9 Å². The van der Waals surface area contributed by atoms with Gasteiger partial charge in [-0.3, -0.25) is 4.79 Å². The third-order valence-corrected chi connectivity index (χ3v) is 3.41. The second kappa shape index (κ2) is 5.76. The Balaban J connectivity index is 2.25. The number of ketones is 1. The van der Waals surface area contributed by atoms with Crippen LogP contribution in [0.15, 0.2) is 51.4 Å². The zero-order chi connectivity index (χ0) is 13.1. The third kappa shape index (κ3) is 3.27. The van der Waals surface area contributed by atoms with E-state index < -0.39 is 0 Å². The number of hydrogen-bond acceptors (Lipinski definition) is 1. The molecule has 0 atom stereocenters. The van der Waals surface area contributed by atoms with E-state index >= 15 is 0 Å². The standard InChI is InChI=1S/C14H9Br2FO/c15-11-5-10(6-12(16)8-11)14(18)7-9-3-1-2-4-13(9)17/h1-6,8H,7H2. The molecule has 0 radical (unpaired) electrons. The van der Waals surface area contributed by atoms with Crippen LogP contribution in [0.2, 0.25) is 0 Å².